The van der Waals surface area contributed by atoms with E-state index in [0.717, 1.165) is 16.8 Å². The smallest absolute Gasteiger partial charge is 0.338 e. The number of anilines is 1. The molecule has 1 amide bonds. The molecule has 0 bridgehead atoms. The van der Waals surface area contributed by atoms with Crippen LogP contribution < -0.4 is 10.2 Å². The van der Waals surface area contributed by atoms with Gasteiger partial charge in [-0.05, 0) is 41.7 Å². The van der Waals surface area contributed by atoms with Gasteiger partial charge in [-0.15, -0.1) is 0 Å². The van der Waals surface area contributed by atoms with Crippen molar-refractivity contribution >= 4 is 27.7 Å². The second-order valence-corrected chi connectivity index (χ2v) is 11.5. The molecule has 194 valence electrons. The highest BCUT2D eigenvalue weighted by Gasteiger charge is 2.33. The first kappa shape index (κ1) is 26.2. The van der Waals surface area contributed by atoms with Gasteiger partial charge in [0, 0.05) is 31.7 Å². The first-order valence-electron chi connectivity index (χ1n) is 12.0. The zero-order valence-corrected chi connectivity index (χ0v) is 21.7. The van der Waals surface area contributed by atoms with Crippen molar-refractivity contribution in [3.63, 3.8) is 0 Å². The lowest BCUT2D eigenvalue weighted by molar-refractivity contribution is 0.0695. The molecule has 1 atom stereocenters. The molecule has 1 aliphatic heterocycles. The monoisotopic (exact) mass is 523 g/mol. The Balaban J connectivity index is 1.48. The van der Waals surface area contributed by atoms with Gasteiger partial charge in [0.1, 0.15) is 0 Å². The van der Waals surface area contributed by atoms with Gasteiger partial charge < -0.3 is 15.3 Å². The predicted octanol–water partition coefficient (Wildman–Crippen LogP) is 3.05. The predicted molar refractivity (Wildman–Crippen MR) is 137 cm³/mol. The summed E-state index contributed by atoms with van der Waals surface area (Å²) < 4.78 is 24.0. The van der Waals surface area contributed by atoms with Crippen LogP contribution in [0.5, 0.6) is 0 Å². The molecule has 4 rings (SSSR count). The van der Waals surface area contributed by atoms with Crippen molar-refractivity contribution in [1.82, 2.24) is 20.3 Å². The topological polar surface area (TPSA) is 142 Å². The fourth-order valence-corrected chi connectivity index (χ4v) is 5.27. The van der Waals surface area contributed by atoms with Crippen molar-refractivity contribution in [3.8, 4) is 0 Å². The van der Waals surface area contributed by atoms with Crippen LogP contribution in [0.3, 0.4) is 0 Å². The number of sulfone groups is 1. The fraction of sp³-hybridized carbons (Fsp3) is 0.346. The number of aromatic carboxylic acids is 1. The van der Waals surface area contributed by atoms with Crippen molar-refractivity contribution in [2.45, 2.75) is 44.7 Å². The molecule has 1 unspecified atom stereocenters. The number of hydrogen-bond acceptors (Lipinski definition) is 8. The Hall–Kier alpha value is -3.86. The molecule has 0 spiro atoms. The van der Waals surface area contributed by atoms with E-state index in [1.807, 2.05) is 11.0 Å². The number of carbonyl (C=O) groups excluding carboxylic acids is 1. The van der Waals surface area contributed by atoms with Crippen LogP contribution in [-0.4, -0.2) is 52.7 Å². The van der Waals surface area contributed by atoms with E-state index < -0.39 is 15.8 Å². The highest BCUT2D eigenvalue weighted by Crippen LogP contribution is 2.36. The lowest BCUT2D eigenvalue weighted by atomic mass is 9.89. The maximum absolute atomic E-state index is 12.8. The average Bonchev–Trinajstić information content (AvgIpc) is 2.90. The molecule has 1 aliphatic rings. The van der Waals surface area contributed by atoms with Crippen LogP contribution in [0.25, 0.3) is 0 Å². The van der Waals surface area contributed by atoms with Gasteiger partial charge in [0.25, 0.3) is 5.91 Å². The third-order valence-corrected chi connectivity index (χ3v) is 8.14. The highest BCUT2D eigenvalue weighted by molar-refractivity contribution is 7.91. The molecule has 37 heavy (non-hydrogen) atoms. The number of hydrogen-bond donors (Lipinski definition) is 2. The number of amides is 1. The van der Waals surface area contributed by atoms with E-state index in [0.29, 0.717) is 24.5 Å². The summed E-state index contributed by atoms with van der Waals surface area (Å²) in [5.41, 5.74) is 3.08. The molecule has 10 nitrogen and oxygen atoms in total. The second kappa shape index (κ2) is 10.6. The standard InChI is InChI=1S/C26H29N5O5S/c1-4-37(35,36)21-7-5-17(6-8-21)12-28-24(32)19-11-18-9-10-31(23(16(2)3)22(18)27-13-19)26-29-14-20(15-30-26)25(33)34/h5-8,11,13-16,23H,4,9-10,12H2,1-3H3,(H,28,32)(H,33,34). The number of pyridine rings is 1. The summed E-state index contributed by atoms with van der Waals surface area (Å²) in [6.07, 6.45) is 4.78. The van der Waals surface area contributed by atoms with E-state index in [9.17, 15) is 18.0 Å². The van der Waals surface area contributed by atoms with Gasteiger partial charge in [-0.2, -0.15) is 0 Å². The van der Waals surface area contributed by atoms with Crippen molar-refractivity contribution in [2.24, 2.45) is 5.92 Å². The fourth-order valence-electron chi connectivity index (χ4n) is 4.38. The van der Waals surface area contributed by atoms with Crippen LogP contribution in [0, 0.1) is 5.92 Å². The van der Waals surface area contributed by atoms with Crippen molar-refractivity contribution in [1.29, 1.82) is 0 Å². The molecule has 3 aromatic rings. The minimum atomic E-state index is -3.27. The molecule has 11 heteroatoms. The largest absolute Gasteiger partial charge is 0.478 e. The van der Waals surface area contributed by atoms with E-state index >= 15 is 0 Å². The minimum Gasteiger partial charge on any atom is -0.478 e. The summed E-state index contributed by atoms with van der Waals surface area (Å²) in [4.78, 5) is 39.4. The van der Waals surface area contributed by atoms with E-state index in [1.54, 1.807) is 37.4 Å². The first-order chi connectivity index (χ1) is 17.6. The van der Waals surface area contributed by atoms with Crippen LogP contribution in [0.2, 0.25) is 0 Å². The molecule has 2 aromatic heterocycles. The number of fused-ring (bicyclic) bond motifs is 1. The third-order valence-electron chi connectivity index (χ3n) is 6.39. The van der Waals surface area contributed by atoms with Gasteiger partial charge in [-0.25, -0.2) is 23.2 Å². The molecule has 0 saturated heterocycles. The molecule has 0 radical (unpaired) electrons. The maximum Gasteiger partial charge on any atom is 0.338 e. The third kappa shape index (κ3) is 5.61. The van der Waals surface area contributed by atoms with Crippen LogP contribution in [0.15, 0.2) is 53.8 Å². The van der Waals surface area contributed by atoms with E-state index in [4.69, 9.17) is 5.11 Å². The van der Waals surface area contributed by atoms with Crippen molar-refractivity contribution in [2.75, 3.05) is 17.2 Å². The summed E-state index contributed by atoms with van der Waals surface area (Å²) in [5, 5.41) is 12.0. The number of aromatic nitrogens is 3. The number of nitrogens with zero attached hydrogens (tertiary/aromatic N) is 4. The molecule has 0 saturated carbocycles. The summed E-state index contributed by atoms with van der Waals surface area (Å²) >= 11 is 0. The molecule has 2 N–H and O–H groups in total. The normalized spacial score (nSPS) is 15.4. The highest BCUT2D eigenvalue weighted by atomic mass is 32.2. The molecule has 3 heterocycles. The van der Waals surface area contributed by atoms with Crippen molar-refractivity contribution < 1.29 is 23.1 Å². The second-order valence-electron chi connectivity index (χ2n) is 9.21. The van der Waals surface area contributed by atoms with Crippen LogP contribution in [-0.2, 0) is 22.8 Å². The molecule has 0 aliphatic carbocycles. The summed E-state index contributed by atoms with van der Waals surface area (Å²) in [6, 6.07) is 8.22. The average molecular weight is 524 g/mol. The van der Waals surface area contributed by atoms with Crippen LogP contribution in [0.1, 0.15) is 64.3 Å². The molecular weight excluding hydrogens is 494 g/mol. The van der Waals surface area contributed by atoms with Gasteiger partial charge in [-0.1, -0.05) is 32.9 Å². The zero-order valence-electron chi connectivity index (χ0n) is 20.9. The number of benzene rings is 1. The first-order valence-corrected chi connectivity index (χ1v) is 13.7. The number of nitrogens with one attached hydrogen (secondary N) is 1. The Morgan fingerprint density at radius 2 is 1.73 bits per heavy atom. The van der Waals surface area contributed by atoms with Gasteiger partial charge in [0.15, 0.2) is 9.84 Å². The number of carbonyl (C=O) groups is 2. The molecular formula is C26H29N5O5S. The Kier molecular flexibility index (Phi) is 7.53. The van der Waals surface area contributed by atoms with E-state index in [1.165, 1.54) is 12.4 Å². The Morgan fingerprint density at radius 3 is 2.32 bits per heavy atom. The molecule has 0 fully saturated rings. The Labute approximate surface area is 215 Å². The molecule has 1 aromatic carbocycles. The number of carboxylic acid groups (broad SMARTS) is 1. The van der Waals surface area contributed by atoms with Crippen LogP contribution >= 0.6 is 0 Å². The summed E-state index contributed by atoms with van der Waals surface area (Å²) in [7, 11) is -3.27. The van der Waals surface area contributed by atoms with Gasteiger partial charge >= 0.3 is 5.97 Å². The van der Waals surface area contributed by atoms with Crippen LogP contribution in [0.4, 0.5) is 5.95 Å². The minimum absolute atomic E-state index is 0.0259. The van der Waals surface area contributed by atoms with Gasteiger partial charge in [0.05, 0.1) is 33.5 Å². The summed E-state index contributed by atoms with van der Waals surface area (Å²) in [6.45, 7) is 6.59. The van der Waals surface area contributed by atoms with E-state index in [2.05, 4.69) is 34.1 Å². The quantitative estimate of drug-likeness (QED) is 0.455. The van der Waals surface area contributed by atoms with E-state index in [-0.39, 0.29) is 40.6 Å². The Morgan fingerprint density at radius 1 is 1.08 bits per heavy atom. The SMILES string of the molecule is CCS(=O)(=O)c1ccc(CNC(=O)c2cnc3c(c2)CCN(c2ncc(C(=O)O)cn2)C3C(C)C)cc1. The lowest BCUT2D eigenvalue weighted by Crippen LogP contribution is -2.40. The lowest BCUT2D eigenvalue weighted by Gasteiger charge is -2.38. The Bertz CT molecular complexity index is 1410. The zero-order chi connectivity index (χ0) is 26.7. The number of rotatable bonds is 8. The number of carboxylic acids is 1. The maximum atomic E-state index is 12.8. The summed E-state index contributed by atoms with van der Waals surface area (Å²) in [5.74, 6) is -0.709. The van der Waals surface area contributed by atoms with Crippen molar-refractivity contribution in [3.05, 3.63) is 76.9 Å². The van der Waals surface area contributed by atoms with Gasteiger partial charge in [-0.3, -0.25) is 9.78 Å². The van der Waals surface area contributed by atoms with Gasteiger partial charge in [0.2, 0.25) is 5.95 Å².